The summed E-state index contributed by atoms with van der Waals surface area (Å²) in [6.07, 6.45) is 2.20. The Morgan fingerprint density at radius 1 is 1.67 bits per heavy atom. The number of nitrogens with zero attached hydrogens (tertiary/aromatic N) is 1. The van der Waals surface area contributed by atoms with Crippen molar-refractivity contribution >= 4 is 5.69 Å². The fourth-order valence-corrected chi connectivity index (χ4v) is 1.25. The lowest BCUT2D eigenvalue weighted by Crippen LogP contribution is -1.85. The minimum absolute atomic E-state index is 0.108. The van der Waals surface area contributed by atoms with Crippen LogP contribution in [-0.4, -0.2) is 4.92 Å². The van der Waals surface area contributed by atoms with Crippen LogP contribution in [0.1, 0.15) is 30.3 Å². The zero-order valence-corrected chi connectivity index (χ0v) is 6.74. The van der Waals surface area contributed by atoms with Crippen molar-refractivity contribution in [2.24, 2.45) is 0 Å². The van der Waals surface area contributed by atoms with Crippen LogP contribution in [0, 0.1) is 17.0 Å². The minimum atomic E-state index is -0.398. The first kappa shape index (κ1) is 7.34. The Morgan fingerprint density at radius 2 is 2.33 bits per heavy atom. The zero-order chi connectivity index (χ0) is 8.72. The average molecular weight is 167 g/mol. The highest BCUT2D eigenvalue weighted by Gasteiger charge is 2.30. The topological polar surface area (TPSA) is 56.3 Å². The van der Waals surface area contributed by atoms with E-state index >= 15 is 0 Å². The van der Waals surface area contributed by atoms with Gasteiger partial charge in [0, 0.05) is 12.8 Å². The van der Waals surface area contributed by atoms with Crippen LogP contribution >= 0.6 is 0 Å². The van der Waals surface area contributed by atoms with Gasteiger partial charge < -0.3 is 4.42 Å². The van der Waals surface area contributed by atoms with E-state index in [1.165, 1.54) is 0 Å². The van der Waals surface area contributed by atoms with Crippen molar-refractivity contribution in [2.75, 3.05) is 0 Å². The van der Waals surface area contributed by atoms with E-state index in [9.17, 15) is 10.1 Å². The second-order valence-corrected chi connectivity index (χ2v) is 3.12. The molecule has 0 bridgehead atoms. The van der Waals surface area contributed by atoms with Crippen molar-refractivity contribution in [3.8, 4) is 0 Å². The van der Waals surface area contributed by atoms with Crippen molar-refractivity contribution in [1.82, 2.24) is 0 Å². The molecule has 0 N–H and O–H groups in total. The number of rotatable bonds is 2. The molecule has 1 aliphatic rings. The molecule has 1 saturated carbocycles. The Bertz CT molecular complexity index is 325. The predicted octanol–water partition coefficient (Wildman–Crippen LogP) is 2.37. The molecule has 4 nitrogen and oxygen atoms in total. The summed E-state index contributed by atoms with van der Waals surface area (Å²) in [7, 11) is 0. The molecule has 1 fully saturated rings. The Labute approximate surface area is 69.3 Å². The fourth-order valence-electron chi connectivity index (χ4n) is 1.25. The van der Waals surface area contributed by atoms with Crippen LogP contribution in [0.15, 0.2) is 10.5 Å². The Hall–Kier alpha value is -1.32. The predicted molar refractivity (Wildman–Crippen MR) is 42.1 cm³/mol. The van der Waals surface area contributed by atoms with E-state index in [-0.39, 0.29) is 5.69 Å². The molecule has 0 atom stereocenters. The molecule has 0 saturated heterocycles. The molecule has 1 aliphatic carbocycles. The summed E-state index contributed by atoms with van der Waals surface area (Å²) in [5.41, 5.74) is 0.108. The second-order valence-electron chi connectivity index (χ2n) is 3.12. The quantitative estimate of drug-likeness (QED) is 0.501. The van der Waals surface area contributed by atoms with Gasteiger partial charge in [-0.05, 0) is 12.8 Å². The van der Waals surface area contributed by atoms with Crippen molar-refractivity contribution in [3.63, 3.8) is 0 Å². The third kappa shape index (κ3) is 1.09. The van der Waals surface area contributed by atoms with Crippen molar-refractivity contribution in [2.45, 2.75) is 25.7 Å². The Balaban J connectivity index is 2.36. The molecule has 1 heterocycles. The lowest BCUT2D eigenvalue weighted by Gasteiger charge is -1.84. The van der Waals surface area contributed by atoms with Crippen LogP contribution in [0.4, 0.5) is 5.69 Å². The monoisotopic (exact) mass is 167 g/mol. The number of hydrogen-bond acceptors (Lipinski definition) is 3. The normalized spacial score (nSPS) is 16.4. The smallest absolute Gasteiger partial charge is 0.310 e. The molecule has 1 aromatic heterocycles. The summed E-state index contributed by atoms with van der Waals surface area (Å²) in [5.74, 6) is 1.64. The molecule has 12 heavy (non-hydrogen) atoms. The van der Waals surface area contributed by atoms with E-state index in [1.807, 2.05) is 0 Å². The molecule has 4 heteroatoms. The standard InChI is InChI=1S/C8H9NO3/c1-5-7(9(10)11)4-8(12-5)6-2-3-6/h4,6H,2-3H2,1H3. The average Bonchev–Trinajstić information content (AvgIpc) is 2.75. The van der Waals surface area contributed by atoms with Gasteiger partial charge in [0.25, 0.3) is 0 Å². The number of hydrogen-bond donors (Lipinski definition) is 0. The maximum absolute atomic E-state index is 10.4. The lowest BCUT2D eigenvalue weighted by atomic mass is 10.3. The van der Waals surface area contributed by atoms with Crippen LogP contribution in [0.25, 0.3) is 0 Å². The van der Waals surface area contributed by atoms with Gasteiger partial charge in [0.15, 0.2) is 5.76 Å². The molecule has 64 valence electrons. The molecular formula is C8H9NO3. The van der Waals surface area contributed by atoms with Gasteiger partial charge in [-0.3, -0.25) is 10.1 Å². The molecule has 0 spiro atoms. The summed E-state index contributed by atoms with van der Waals surface area (Å²) in [6.45, 7) is 1.63. The van der Waals surface area contributed by atoms with E-state index in [1.54, 1.807) is 13.0 Å². The van der Waals surface area contributed by atoms with Crippen molar-refractivity contribution in [1.29, 1.82) is 0 Å². The highest BCUT2D eigenvalue weighted by atomic mass is 16.6. The molecule has 2 rings (SSSR count). The summed E-state index contributed by atoms with van der Waals surface area (Å²) < 4.78 is 5.26. The summed E-state index contributed by atoms with van der Waals surface area (Å²) in [5, 5.41) is 10.4. The first-order valence-corrected chi connectivity index (χ1v) is 3.93. The SMILES string of the molecule is Cc1oc(C2CC2)cc1[N+](=O)[O-]. The summed E-state index contributed by atoms with van der Waals surface area (Å²) in [6, 6.07) is 1.55. The number of nitro groups is 1. The molecule has 0 amide bonds. The fraction of sp³-hybridized carbons (Fsp3) is 0.500. The van der Waals surface area contributed by atoms with E-state index in [2.05, 4.69) is 0 Å². The Kier molecular flexibility index (Phi) is 1.43. The van der Waals surface area contributed by atoms with Crippen molar-refractivity contribution < 1.29 is 9.34 Å². The highest BCUT2D eigenvalue weighted by Crippen LogP contribution is 2.42. The number of furan rings is 1. The summed E-state index contributed by atoms with van der Waals surface area (Å²) >= 11 is 0. The summed E-state index contributed by atoms with van der Waals surface area (Å²) in [4.78, 5) is 10.0. The Morgan fingerprint density at radius 3 is 2.75 bits per heavy atom. The van der Waals surface area contributed by atoms with Gasteiger partial charge in [-0.15, -0.1) is 0 Å². The third-order valence-corrected chi connectivity index (χ3v) is 2.09. The highest BCUT2D eigenvalue weighted by molar-refractivity contribution is 5.37. The second kappa shape index (κ2) is 2.33. The van der Waals surface area contributed by atoms with Crippen LogP contribution < -0.4 is 0 Å². The van der Waals surface area contributed by atoms with Gasteiger partial charge in [0.1, 0.15) is 5.76 Å². The maximum atomic E-state index is 10.4. The molecular weight excluding hydrogens is 158 g/mol. The lowest BCUT2D eigenvalue weighted by molar-refractivity contribution is -0.385. The maximum Gasteiger partial charge on any atom is 0.310 e. The van der Waals surface area contributed by atoms with E-state index in [0.29, 0.717) is 11.7 Å². The van der Waals surface area contributed by atoms with Crippen LogP contribution in [-0.2, 0) is 0 Å². The molecule has 1 aromatic rings. The van der Waals surface area contributed by atoms with Gasteiger partial charge in [-0.25, -0.2) is 0 Å². The van der Waals surface area contributed by atoms with Gasteiger partial charge in [0.2, 0.25) is 0 Å². The van der Waals surface area contributed by atoms with Gasteiger partial charge in [-0.1, -0.05) is 0 Å². The first-order valence-electron chi connectivity index (χ1n) is 3.93. The van der Waals surface area contributed by atoms with E-state index in [4.69, 9.17) is 4.42 Å². The van der Waals surface area contributed by atoms with Crippen molar-refractivity contribution in [3.05, 3.63) is 27.7 Å². The molecule has 0 unspecified atom stereocenters. The molecule has 0 aromatic carbocycles. The van der Waals surface area contributed by atoms with Crippen LogP contribution in [0.3, 0.4) is 0 Å². The minimum Gasteiger partial charge on any atom is -0.459 e. The first-order chi connectivity index (χ1) is 5.68. The van der Waals surface area contributed by atoms with E-state index < -0.39 is 4.92 Å². The van der Waals surface area contributed by atoms with Crippen LogP contribution in [0.2, 0.25) is 0 Å². The third-order valence-electron chi connectivity index (χ3n) is 2.09. The van der Waals surface area contributed by atoms with Crippen LogP contribution in [0.5, 0.6) is 0 Å². The number of aryl methyl sites for hydroxylation is 1. The van der Waals surface area contributed by atoms with Gasteiger partial charge in [-0.2, -0.15) is 0 Å². The molecule has 0 aliphatic heterocycles. The van der Waals surface area contributed by atoms with Gasteiger partial charge in [0.05, 0.1) is 11.0 Å². The zero-order valence-electron chi connectivity index (χ0n) is 6.74. The molecule has 0 radical (unpaired) electrons. The van der Waals surface area contributed by atoms with Gasteiger partial charge >= 0.3 is 5.69 Å². The van der Waals surface area contributed by atoms with E-state index in [0.717, 1.165) is 18.6 Å². The largest absolute Gasteiger partial charge is 0.459 e.